The van der Waals surface area contributed by atoms with Gasteiger partial charge in [-0.15, -0.1) is 0 Å². The topological polar surface area (TPSA) is 64.3 Å². The standard InChI is InChI=1S/C22H26N4O2/c1-16(2)27-19-8-6-17(7-9-19)15-26-13-10-18(11-14-26)21-24-22(28-25-21)20-5-3-4-12-23-20/h3-9,12,16,18H,10-11,13-15H2,1-2H3. The molecule has 0 N–H and O–H groups in total. The quantitative estimate of drug-likeness (QED) is 0.637. The zero-order chi connectivity index (χ0) is 19.3. The van der Waals surface area contributed by atoms with Crippen LogP contribution in [0.5, 0.6) is 5.75 Å². The SMILES string of the molecule is CC(C)Oc1ccc(CN2CCC(c3noc(-c4ccccn4)n3)CC2)cc1. The molecule has 2 aromatic heterocycles. The molecule has 0 spiro atoms. The Morgan fingerprint density at radius 3 is 2.57 bits per heavy atom. The fourth-order valence-corrected chi connectivity index (χ4v) is 3.55. The van der Waals surface area contributed by atoms with E-state index in [4.69, 9.17) is 9.26 Å². The highest BCUT2D eigenvalue weighted by atomic mass is 16.5. The fourth-order valence-electron chi connectivity index (χ4n) is 3.55. The Morgan fingerprint density at radius 1 is 1.11 bits per heavy atom. The molecule has 0 radical (unpaired) electrons. The second kappa shape index (κ2) is 8.52. The summed E-state index contributed by atoms with van der Waals surface area (Å²) in [5.74, 6) is 2.58. The monoisotopic (exact) mass is 378 g/mol. The fraction of sp³-hybridized carbons (Fsp3) is 0.409. The number of rotatable bonds is 6. The third-order valence-electron chi connectivity index (χ3n) is 4.98. The molecule has 1 saturated heterocycles. The lowest BCUT2D eigenvalue weighted by atomic mass is 9.96. The van der Waals surface area contributed by atoms with Gasteiger partial charge < -0.3 is 9.26 Å². The zero-order valence-corrected chi connectivity index (χ0v) is 16.4. The highest BCUT2D eigenvalue weighted by Crippen LogP contribution is 2.28. The average Bonchev–Trinajstić information content (AvgIpc) is 3.21. The van der Waals surface area contributed by atoms with Gasteiger partial charge in [0.1, 0.15) is 11.4 Å². The zero-order valence-electron chi connectivity index (χ0n) is 16.4. The van der Waals surface area contributed by atoms with Gasteiger partial charge in [-0.2, -0.15) is 4.98 Å². The van der Waals surface area contributed by atoms with Crippen LogP contribution < -0.4 is 4.74 Å². The van der Waals surface area contributed by atoms with E-state index >= 15 is 0 Å². The van der Waals surface area contributed by atoms with Crippen LogP contribution in [-0.4, -0.2) is 39.2 Å². The van der Waals surface area contributed by atoms with Crippen LogP contribution in [0.15, 0.2) is 53.2 Å². The summed E-state index contributed by atoms with van der Waals surface area (Å²) in [4.78, 5) is 11.3. The smallest absolute Gasteiger partial charge is 0.276 e. The Bertz CT molecular complexity index is 869. The molecular weight excluding hydrogens is 352 g/mol. The summed E-state index contributed by atoms with van der Waals surface area (Å²) < 4.78 is 11.1. The first-order chi connectivity index (χ1) is 13.7. The van der Waals surface area contributed by atoms with Crippen LogP contribution in [-0.2, 0) is 6.54 Å². The van der Waals surface area contributed by atoms with Crippen LogP contribution in [0.3, 0.4) is 0 Å². The summed E-state index contributed by atoms with van der Waals surface area (Å²) in [6, 6.07) is 14.1. The average molecular weight is 378 g/mol. The maximum Gasteiger partial charge on any atom is 0.276 e. The molecule has 0 bridgehead atoms. The van der Waals surface area contributed by atoms with Gasteiger partial charge in [-0.3, -0.25) is 9.88 Å². The molecule has 1 aliphatic rings. The lowest BCUT2D eigenvalue weighted by Crippen LogP contribution is -2.32. The predicted molar refractivity (Wildman–Crippen MR) is 107 cm³/mol. The number of hydrogen-bond acceptors (Lipinski definition) is 6. The number of nitrogens with zero attached hydrogens (tertiary/aromatic N) is 4. The van der Waals surface area contributed by atoms with Gasteiger partial charge in [0.2, 0.25) is 0 Å². The third kappa shape index (κ3) is 4.57. The van der Waals surface area contributed by atoms with Crippen molar-refractivity contribution < 1.29 is 9.26 Å². The Hall–Kier alpha value is -2.73. The normalized spacial score (nSPS) is 15.8. The minimum Gasteiger partial charge on any atom is -0.491 e. The molecular formula is C22H26N4O2. The van der Waals surface area contributed by atoms with E-state index in [0.29, 0.717) is 11.8 Å². The molecule has 0 amide bonds. The number of likely N-dealkylation sites (tertiary alicyclic amines) is 1. The molecule has 3 aromatic rings. The van der Waals surface area contributed by atoms with Crippen molar-refractivity contribution >= 4 is 0 Å². The van der Waals surface area contributed by atoms with E-state index in [1.54, 1.807) is 6.20 Å². The summed E-state index contributed by atoms with van der Waals surface area (Å²) in [6.45, 7) is 7.10. The van der Waals surface area contributed by atoms with Crippen LogP contribution in [0, 0.1) is 0 Å². The van der Waals surface area contributed by atoms with E-state index in [9.17, 15) is 0 Å². The molecule has 0 saturated carbocycles. The van der Waals surface area contributed by atoms with E-state index in [1.807, 2.05) is 32.0 Å². The van der Waals surface area contributed by atoms with Crippen LogP contribution >= 0.6 is 0 Å². The van der Waals surface area contributed by atoms with Crippen molar-refractivity contribution in [2.24, 2.45) is 0 Å². The van der Waals surface area contributed by atoms with E-state index in [-0.39, 0.29) is 6.10 Å². The Morgan fingerprint density at radius 2 is 1.89 bits per heavy atom. The van der Waals surface area contributed by atoms with Crippen molar-refractivity contribution in [3.05, 3.63) is 60.0 Å². The first-order valence-corrected chi connectivity index (χ1v) is 9.90. The lowest BCUT2D eigenvalue weighted by Gasteiger charge is -2.30. The molecule has 0 atom stereocenters. The summed E-state index contributed by atoms with van der Waals surface area (Å²) in [6.07, 6.45) is 4.01. The number of hydrogen-bond donors (Lipinski definition) is 0. The molecule has 146 valence electrons. The van der Waals surface area contributed by atoms with Gasteiger partial charge >= 0.3 is 0 Å². The van der Waals surface area contributed by atoms with Crippen LogP contribution in [0.25, 0.3) is 11.6 Å². The third-order valence-corrected chi connectivity index (χ3v) is 4.98. The maximum atomic E-state index is 5.72. The summed E-state index contributed by atoms with van der Waals surface area (Å²) in [7, 11) is 0. The first-order valence-electron chi connectivity index (χ1n) is 9.90. The van der Waals surface area contributed by atoms with E-state index in [2.05, 4.69) is 44.3 Å². The van der Waals surface area contributed by atoms with Gasteiger partial charge in [-0.25, -0.2) is 0 Å². The second-order valence-electron chi connectivity index (χ2n) is 7.53. The van der Waals surface area contributed by atoms with Gasteiger partial charge in [0.05, 0.1) is 6.10 Å². The highest BCUT2D eigenvalue weighted by Gasteiger charge is 2.25. The molecule has 1 fully saturated rings. The minimum absolute atomic E-state index is 0.202. The maximum absolute atomic E-state index is 5.72. The molecule has 4 rings (SSSR count). The van der Waals surface area contributed by atoms with Gasteiger partial charge in [0.25, 0.3) is 5.89 Å². The van der Waals surface area contributed by atoms with Crippen LogP contribution in [0.2, 0.25) is 0 Å². The highest BCUT2D eigenvalue weighted by molar-refractivity contribution is 5.45. The molecule has 6 heteroatoms. The Labute approximate surface area is 165 Å². The second-order valence-corrected chi connectivity index (χ2v) is 7.53. The van der Waals surface area contributed by atoms with E-state index < -0.39 is 0 Å². The number of aromatic nitrogens is 3. The van der Waals surface area contributed by atoms with Gasteiger partial charge in [0.15, 0.2) is 5.82 Å². The Kier molecular flexibility index (Phi) is 5.67. The van der Waals surface area contributed by atoms with Gasteiger partial charge in [-0.1, -0.05) is 23.4 Å². The van der Waals surface area contributed by atoms with Crippen molar-refractivity contribution in [1.82, 2.24) is 20.0 Å². The Balaban J connectivity index is 1.31. The van der Waals surface area contributed by atoms with Gasteiger partial charge in [-0.05, 0) is 69.6 Å². The van der Waals surface area contributed by atoms with E-state index in [0.717, 1.165) is 49.7 Å². The van der Waals surface area contributed by atoms with Crippen LogP contribution in [0.4, 0.5) is 0 Å². The number of ether oxygens (including phenoxy) is 1. The summed E-state index contributed by atoms with van der Waals surface area (Å²) in [5, 5.41) is 4.20. The largest absolute Gasteiger partial charge is 0.491 e. The van der Waals surface area contributed by atoms with Crippen molar-refractivity contribution in [3.63, 3.8) is 0 Å². The molecule has 28 heavy (non-hydrogen) atoms. The molecule has 0 unspecified atom stereocenters. The van der Waals surface area contributed by atoms with E-state index in [1.165, 1.54) is 5.56 Å². The first kappa shape index (κ1) is 18.6. The number of piperidine rings is 1. The van der Waals surface area contributed by atoms with Crippen molar-refractivity contribution in [2.45, 2.75) is 45.3 Å². The van der Waals surface area contributed by atoms with Crippen molar-refractivity contribution in [1.29, 1.82) is 0 Å². The predicted octanol–water partition coefficient (Wildman–Crippen LogP) is 4.30. The minimum atomic E-state index is 0.202. The summed E-state index contributed by atoms with van der Waals surface area (Å²) in [5.41, 5.74) is 2.04. The number of pyridine rings is 1. The van der Waals surface area contributed by atoms with Crippen molar-refractivity contribution in [2.75, 3.05) is 13.1 Å². The molecule has 6 nitrogen and oxygen atoms in total. The lowest BCUT2D eigenvalue weighted by molar-refractivity contribution is 0.200. The van der Waals surface area contributed by atoms with Crippen LogP contribution in [0.1, 0.15) is 44.0 Å². The molecule has 1 aromatic carbocycles. The summed E-state index contributed by atoms with van der Waals surface area (Å²) >= 11 is 0. The molecule has 1 aliphatic heterocycles. The van der Waals surface area contributed by atoms with Gasteiger partial charge in [0, 0.05) is 18.7 Å². The number of benzene rings is 1. The molecule has 3 heterocycles. The molecule has 0 aliphatic carbocycles. The van der Waals surface area contributed by atoms with Crippen molar-refractivity contribution in [3.8, 4) is 17.3 Å².